The molecule has 0 spiro atoms. The molecule has 6 nitrogen and oxygen atoms in total. The Morgan fingerprint density at radius 3 is 2.00 bits per heavy atom. The van der Waals surface area contributed by atoms with Crippen molar-refractivity contribution in [3.05, 3.63) is 35.4 Å². The van der Waals surface area contributed by atoms with E-state index < -0.39 is 12.0 Å². The predicted molar refractivity (Wildman–Crippen MR) is 131 cm³/mol. The molecule has 2 N–H and O–H groups in total. The fraction of sp³-hybridized carbons (Fsp3) is 0.667. The van der Waals surface area contributed by atoms with Crippen LogP contribution in [0.25, 0.3) is 0 Å². The molecular weight excluding hydrogens is 416 g/mol. The minimum absolute atomic E-state index is 0.0342. The van der Waals surface area contributed by atoms with E-state index in [0.717, 1.165) is 18.4 Å². The zero-order chi connectivity index (χ0) is 23.9. The minimum atomic E-state index is -0.963. The third kappa shape index (κ3) is 10.4. The summed E-state index contributed by atoms with van der Waals surface area (Å²) < 4.78 is 0. The lowest BCUT2D eigenvalue weighted by molar-refractivity contribution is -0.133. The number of carboxylic acids is 1. The zero-order valence-corrected chi connectivity index (χ0v) is 20.3. The van der Waals surface area contributed by atoms with Crippen molar-refractivity contribution in [2.45, 2.75) is 109 Å². The Morgan fingerprint density at radius 1 is 0.909 bits per heavy atom. The highest BCUT2D eigenvalue weighted by atomic mass is 16.4. The van der Waals surface area contributed by atoms with Gasteiger partial charge in [-0.25, -0.2) is 4.79 Å². The summed E-state index contributed by atoms with van der Waals surface area (Å²) in [5.74, 6) is -1.05. The first-order valence-electron chi connectivity index (χ1n) is 12.9. The van der Waals surface area contributed by atoms with Gasteiger partial charge in [-0.3, -0.25) is 9.59 Å². The number of aromatic carboxylic acids is 1. The van der Waals surface area contributed by atoms with Gasteiger partial charge < -0.3 is 15.3 Å². The summed E-state index contributed by atoms with van der Waals surface area (Å²) in [7, 11) is 0. The molecule has 1 aromatic carbocycles. The van der Waals surface area contributed by atoms with Crippen LogP contribution >= 0.6 is 0 Å². The van der Waals surface area contributed by atoms with E-state index in [-0.39, 0.29) is 17.4 Å². The molecule has 1 fully saturated rings. The van der Waals surface area contributed by atoms with Crippen molar-refractivity contribution < 1.29 is 19.5 Å². The fourth-order valence-corrected chi connectivity index (χ4v) is 4.40. The van der Waals surface area contributed by atoms with Gasteiger partial charge >= 0.3 is 5.97 Å². The molecule has 0 aliphatic carbocycles. The normalized spacial score (nSPS) is 15.7. The van der Waals surface area contributed by atoms with Crippen molar-refractivity contribution in [1.29, 1.82) is 0 Å². The van der Waals surface area contributed by atoms with Gasteiger partial charge in [-0.15, -0.1) is 0 Å². The van der Waals surface area contributed by atoms with Crippen molar-refractivity contribution in [2.24, 2.45) is 0 Å². The maximum absolute atomic E-state index is 12.6. The number of carboxylic acid groups (broad SMARTS) is 1. The first kappa shape index (κ1) is 26.9. The molecule has 0 radical (unpaired) electrons. The molecule has 0 unspecified atom stereocenters. The van der Waals surface area contributed by atoms with Crippen molar-refractivity contribution in [3.63, 3.8) is 0 Å². The highest BCUT2D eigenvalue weighted by Crippen LogP contribution is 2.17. The van der Waals surface area contributed by atoms with E-state index in [1.165, 1.54) is 64.2 Å². The van der Waals surface area contributed by atoms with Gasteiger partial charge in [0, 0.05) is 19.5 Å². The smallest absolute Gasteiger partial charge is 0.335 e. The molecule has 6 heteroatoms. The number of rotatable bonds is 17. The topological polar surface area (TPSA) is 86.7 Å². The van der Waals surface area contributed by atoms with Crippen molar-refractivity contribution in [2.75, 3.05) is 6.54 Å². The Morgan fingerprint density at radius 2 is 1.45 bits per heavy atom. The maximum Gasteiger partial charge on any atom is 0.335 e. The van der Waals surface area contributed by atoms with Crippen LogP contribution in [0.15, 0.2) is 24.3 Å². The summed E-state index contributed by atoms with van der Waals surface area (Å²) in [6.45, 7) is 3.28. The Kier molecular flexibility index (Phi) is 12.6. The quantitative estimate of drug-likeness (QED) is 0.294. The van der Waals surface area contributed by atoms with Gasteiger partial charge in [-0.2, -0.15) is 0 Å². The molecule has 1 heterocycles. The van der Waals surface area contributed by atoms with Gasteiger partial charge in [-0.1, -0.05) is 89.7 Å². The van der Waals surface area contributed by atoms with Crippen LogP contribution in [-0.2, 0) is 16.1 Å². The maximum atomic E-state index is 12.6. The molecule has 1 atom stereocenters. The Balaban J connectivity index is 1.52. The summed E-state index contributed by atoms with van der Waals surface area (Å²) in [5.41, 5.74) is 1.12. The predicted octanol–water partition coefficient (Wildman–Crippen LogP) is 5.69. The Hall–Kier alpha value is -2.37. The number of amides is 2. The first-order chi connectivity index (χ1) is 16.0. The largest absolute Gasteiger partial charge is 0.478 e. The second-order valence-corrected chi connectivity index (χ2v) is 9.31. The molecule has 1 aliphatic heterocycles. The Labute approximate surface area is 199 Å². The number of carbonyl (C=O) groups is 3. The highest BCUT2D eigenvalue weighted by Gasteiger charge is 2.32. The van der Waals surface area contributed by atoms with E-state index in [1.807, 2.05) is 0 Å². The molecule has 1 aliphatic rings. The summed E-state index contributed by atoms with van der Waals surface area (Å²) in [5, 5.41) is 11.9. The van der Waals surface area contributed by atoms with Crippen LogP contribution in [0.4, 0.5) is 0 Å². The van der Waals surface area contributed by atoms with Crippen molar-refractivity contribution in [3.8, 4) is 0 Å². The summed E-state index contributed by atoms with van der Waals surface area (Å²) in [6, 6.07) is 6.12. The number of likely N-dealkylation sites (tertiary alicyclic amines) is 1. The molecule has 1 aromatic rings. The van der Waals surface area contributed by atoms with Crippen molar-refractivity contribution in [1.82, 2.24) is 10.2 Å². The lowest BCUT2D eigenvalue weighted by Gasteiger charge is -2.17. The average Bonchev–Trinajstić information content (AvgIpc) is 3.13. The molecule has 2 amide bonds. The Bertz CT molecular complexity index is 732. The van der Waals surface area contributed by atoms with Crippen LogP contribution in [0.5, 0.6) is 0 Å². The van der Waals surface area contributed by atoms with E-state index in [2.05, 4.69) is 12.2 Å². The van der Waals surface area contributed by atoms with E-state index >= 15 is 0 Å². The number of hydrogen-bond donors (Lipinski definition) is 2. The van der Waals surface area contributed by atoms with Crippen LogP contribution in [0, 0.1) is 0 Å². The molecule has 33 heavy (non-hydrogen) atoms. The van der Waals surface area contributed by atoms with E-state index in [9.17, 15) is 14.4 Å². The van der Waals surface area contributed by atoms with Crippen LogP contribution in [0.3, 0.4) is 0 Å². The molecular formula is C27H42N2O4. The van der Waals surface area contributed by atoms with Gasteiger partial charge in [0.15, 0.2) is 0 Å². The molecule has 0 saturated carbocycles. The summed E-state index contributed by atoms with van der Waals surface area (Å²) in [4.78, 5) is 37.5. The van der Waals surface area contributed by atoms with E-state index in [0.29, 0.717) is 25.9 Å². The summed E-state index contributed by atoms with van der Waals surface area (Å²) >= 11 is 0. The van der Waals surface area contributed by atoms with Crippen molar-refractivity contribution >= 4 is 17.8 Å². The zero-order valence-electron chi connectivity index (χ0n) is 20.3. The lowest BCUT2D eigenvalue weighted by atomic mass is 10.0. The molecule has 0 aromatic heterocycles. The monoisotopic (exact) mass is 458 g/mol. The van der Waals surface area contributed by atoms with E-state index in [1.54, 1.807) is 29.2 Å². The lowest BCUT2D eigenvalue weighted by Crippen LogP contribution is -2.41. The molecule has 2 rings (SSSR count). The standard InChI is InChI=1S/C27H42N2O4/c1-2-3-4-5-6-7-8-9-10-11-12-13-14-25(30)28-24-19-20-29(26(24)31)21-22-15-17-23(18-16-22)27(32)33/h15-18,24H,2-14,19-21H2,1H3,(H,28,30)(H,32,33)/t24-/m1/s1. The van der Waals surface area contributed by atoms with Crippen LogP contribution in [-0.4, -0.2) is 40.4 Å². The van der Waals surface area contributed by atoms with Gasteiger partial charge in [0.25, 0.3) is 0 Å². The van der Waals surface area contributed by atoms with Gasteiger partial charge in [0.2, 0.25) is 11.8 Å². The number of benzene rings is 1. The van der Waals surface area contributed by atoms with Crippen LogP contribution < -0.4 is 5.32 Å². The van der Waals surface area contributed by atoms with Gasteiger partial charge in [-0.05, 0) is 30.5 Å². The number of hydrogen-bond acceptors (Lipinski definition) is 3. The summed E-state index contributed by atoms with van der Waals surface area (Å²) in [6.07, 6.45) is 16.3. The third-order valence-electron chi connectivity index (χ3n) is 6.46. The second-order valence-electron chi connectivity index (χ2n) is 9.31. The highest BCUT2D eigenvalue weighted by molar-refractivity contribution is 5.89. The molecule has 1 saturated heterocycles. The first-order valence-corrected chi connectivity index (χ1v) is 12.9. The number of carbonyl (C=O) groups excluding carboxylic acids is 2. The van der Waals surface area contributed by atoms with Gasteiger partial charge in [0.1, 0.15) is 6.04 Å². The van der Waals surface area contributed by atoms with E-state index in [4.69, 9.17) is 5.11 Å². The minimum Gasteiger partial charge on any atom is -0.478 e. The average molecular weight is 459 g/mol. The van der Waals surface area contributed by atoms with Gasteiger partial charge in [0.05, 0.1) is 5.56 Å². The fourth-order valence-electron chi connectivity index (χ4n) is 4.40. The molecule has 184 valence electrons. The third-order valence-corrected chi connectivity index (χ3v) is 6.46. The SMILES string of the molecule is CCCCCCCCCCCCCCC(=O)N[C@@H]1CCN(Cc2ccc(C(=O)O)cc2)C1=O. The number of unbranched alkanes of at least 4 members (excludes halogenated alkanes) is 11. The van der Waals surface area contributed by atoms with Crippen LogP contribution in [0.1, 0.15) is 113 Å². The number of nitrogens with zero attached hydrogens (tertiary/aromatic N) is 1. The second kappa shape index (κ2) is 15.5. The molecule has 0 bridgehead atoms. The number of nitrogens with one attached hydrogen (secondary N) is 1. The van der Waals surface area contributed by atoms with Crippen LogP contribution in [0.2, 0.25) is 0 Å².